The lowest BCUT2D eigenvalue weighted by atomic mass is 9.99. The minimum Gasteiger partial charge on any atom is -0.489 e. The van der Waals surface area contributed by atoms with Crippen LogP contribution in [0.4, 0.5) is 8.78 Å². The highest BCUT2D eigenvalue weighted by Crippen LogP contribution is 2.31. The average Bonchev–Trinajstić information content (AvgIpc) is 3.28. The Balaban J connectivity index is 1.51. The summed E-state index contributed by atoms with van der Waals surface area (Å²) in [4.78, 5) is 17.5. The number of hydrogen-bond donors (Lipinski definition) is 2. The molecular weight excluding hydrogens is 500 g/mol. The summed E-state index contributed by atoms with van der Waals surface area (Å²) in [7, 11) is 0. The fourth-order valence-electron chi connectivity index (χ4n) is 4.67. The summed E-state index contributed by atoms with van der Waals surface area (Å²) in [5.41, 5.74) is 1.03. The Hall–Kier alpha value is -2.97. The molecule has 9 heteroatoms. The van der Waals surface area contributed by atoms with Crippen LogP contribution >= 0.6 is 11.6 Å². The molecule has 2 N–H and O–H groups in total. The number of aryl methyl sites for hydroxylation is 1. The lowest BCUT2D eigenvalue weighted by Gasteiger charge is -2.19. The highest BCUT2D eigenvalue weighted by molar-refractivity contribution is 6.32. The zero-order valence-corrected chi connectivity index (χ0v) is 22.0. The van der Waals surface area contributed by atoms with Gasteiger partial charge in [-0.15, -0.1) is 0 Å². The number of halogens is 3. The summed E-state index contributed by atoms with van der Waals surface area (Å²) in [5.74, 6) is -0.216. The maximum atomic E-state index is 15.1. The molecule has 0 fully saturated rings. The van der Waals surface area contributed by atoms with Crippen molar-refractivity contribution < 1.29 is 23.4 Å². The third kappa shape index (κ3) is 6.30. The van der Waals surface area contributed by atoms with Crippen molar-refractivity contribution in [2.45, 2.75) is 71.1 Å². The van der Waals surface area contributed by atoms with Crippen molar-refractivity contribution in [3.63, 3.8) is 0 Å². The molecule has 1 amide bonds. The average molecular weight is 532 g/mol. The standard InChI is InChI=1S/C28H32ClF2N3O3/c1-16(2)37-26-7-6-18(11-22(26)29)28(36)32-20(8-10-35)14-21-23(30)12-19(13-24(21)31)25-15-34-9-4-5-17(3)27(34)33-25/h6-7,11-13,15-17,20,35H,4-5,8-10,14H2,1-3H3,(H,32,36)/t17?,20-/m1/s1. The van der Waals surface area contributed by atoms with E-state index in [1.165, 1.54) is 18.2 Å². The van der Waals surface area contributed by atoms with E-state index in [1.807, 2.05) is 24.6 Å². The van der Waals surface area contributed by atoms with Gasteiger partial charge >= 0.3 is 0 Å². The van der Waals surface area contributed by atoms with Gasteiger partial charge in [-0.2, -0.15) is 0 Å². The zero-order chi connectivity index (χ0) is 26.7. The number of aliphatic hydroxyl groups excluding tert-OH is 1. The Kier molecular flexibility index (Phi) is 8.49. The summed E-state index contributed by atoms with van der Waals surface area (Å²) in [6, 6.07) is 6.51. The number of fused-ring (bicyclic) bond motifs is 1. The van der Waals surface area contributed by atoms with Gasteiger partial charge in [0.15, 0.2) is 0 Å². The molecule has 3 aromatic rings. The van der Waals surface area contributed by atoms with Gasteiger partial charge in [0.1, 0.15) is 23.2 Å². The third-order valence-corrected chi connectivity index (χ3v) is 6.84. The minimum absolute atomic E-state index is 0.0788. The molecule has 4 rings (SSSR count). The van der Waals surface area contributed by atoms with Crippen LogP contribution in [0.15, 0.2) is 36.5 Å². The van der Waals surface area contributed by atoms with Gasteiger partial charge in [-0.3, -0.25) is 4.79 Å². The van der Waals surface area contributed by atoms with Gasteiger partial charge < -0.3 is 19.7 Å². The second kappa shape index (κ2) is 11.6. The Morgan fingerprint density at radius 3 is 2.62 bits per heavy atom. The number of carbonyl (C=O) groups excluding carboxylic acids is 1. The smallest absolute Gasteiger partial charge is 0.251 e. The van der Waals surface area contributed by atoms with Gasteiger partial charge in [0.05, 0.1) is 16.8 Å². The van der Waals surface area contributed by atoms with Crippen LogP contribution in [0, 0.1) is 11.6 Å². The van der Waals surface area contributed by atoms with E-state index in [0.717, 1.165) is 25.2 Å². The number of hydrogen-bond acceptors (Lipinski definition) is 4. The molecule has 0 spiro atoms. The second-order valence-electron chi connectivity index (χ2n) is 9.84. The van der Waals surface area contributed by atoms with Crippen molar-refractivity contribution in [1.29, 1.82) is 0 Å². The minimum atomic E-state index is -0.718. The molecule has 1 unspecified atom stereocenters. The number of imidazole rings is 1. The molecule has 2 heterocycles. The molecule has 1 aliphatic rings. The summed E-state index contributed by atoms with van der Waals surface area (Å²) in [5, 5.41) is 12.6. The predicted molar refractivity (Wildman–Crippen MR) is 139 cm³/mol. The van der Waals surface area contributed by atoms with Crippen LogP contribution in [-0.2, 0) is 13.0 Å². The molecule has 1 aromatic heterocycles. The molecule has 6 nitrogen and oxygen atoms in total. The first-order valence-corrected chi connectivity index (χ1v) is 13.0. The first-order valence-electron chi connectivity index (χ1n) is 12.6. The van der Waals surface area contributed by atoms with Crippen LogP contribution in [0.3, 0.4) is 0 Å². The molecule has 0 radical (unpaired) electrons. The van der Waals surface area contributed by atoms with Crippen LogP contribution in [-0.4, -0.2) is 39.3 Å². The highest BCUT2D eigenvalue weighted by Gasteiger charge is 2.23. The van der Waals surface area contributed by atoms with E-state index in [2.05, 4.69) is 17.2 Å². The van der Waals surface area contributed by atoms with Crippen LogP contribution in [0.1, 0.15) is 67.7 Å². The number of rotatable bonds is 9. The van der Waals surface area contributed by atoms with Gasteiger partial charge in [0.25, 0.3) is 5.91 Å². The SMILES string of the molecule is CC(C)Oc1ccc(C(=O)N[C@H](CCO)Cc2c(F)cc(-c3cn4c(n3)C(C)CCC4)cc2F)cc1Cl. The quantitative estimate of drug-likeness (QED) is 0.361. The number of nitrogens with one attached hydrogen (secondary N) is 1. The van der Waals surface area contributed by atoms with Gasteiger partial charge in [-0.25, -0.2) is 13.8 Å². The topological polar surface area (TPSA) is 76.4 Å². The number of benzene rings is 2. The number of nitrogens with zero attached hydrogens (tertiary/aromatic N) is 2. The van der Waals surface area contributed by atoms with Gasteiger partial charge in [0.2, 0.25) is 0 Å². The first kappa shape index (κ1) is 27.1. The van der Waals surface area contributed by atoms with Gasteiger partial charge in [-0.05, 0) is 69.9 Å². The van der Waals surface area contributed by atoms with Crippen molar-refractivity contribution in [2.75, 3.05) is 6.61 Å². The van der Waals surface area contributed by atoms with E-state index in [-0.39, 0.29) is 41.7 Å². The van der Waals surface area contributed by atoms with Crippen molar-refractivity contribution in [2.24, 2.45) is 0 Å². The van der Waals surface area contributed by atoms with Crippen LogP contribution in [0.25, 0.3) is 11.3 Å². The van der Waals surface area contributed by atoms with Crippen molar-refractivity contribution in [1.82, 2.24) is 14.9 Å². The summed E-state index contributed by atoms with van der Waals surface area (Å²) < 4.78 is 37.9. The molecule has 0 bridgehead atoms. The van der Waals surface area contributed by atoms with Crippen molar-refractivity contribution in [3.8, 4) is 17.0 Å². The maximum Gasteiger partial charge on any atom is 0.251 e. The van der Waals surface area contributed by atoms with Crippen LogP contribution < -0.4 is 10.1 Å². The lowest BCUT2D eigenvalue weighted by Crippen LogP contribution is -2.37. The van der Waals surface area contributed by atoms with Crippen LogP contribution in [0.2, 0.25) is 5.02 Å². The molecule has 37 heavy (non-hydrogen) atoms. The lowest BCUT2D eigenvalue weighted by molar-refractivity contribution is 0.0929. The zero-order valence-electron chi connectivity index (χ0n) is 21.2. The molecule has 0 aliphatic carbocycles. The summed E-state index contributed by atoms with van der Waals surface area (Å²) in [6.07, 6.45) is 3.86. The molecule has 2 atom stereocenters. The Morgan fingerprint density at radius 1 is 1.27 bits per heavy atom. The molecule has 0 saturated carbocycles. The fraction of sp³-hybridized carbons (Fsp3) is 0.429. The third-order valence-electron chi connectivity index (χ3n) is 6.54. The highest BCUT2D eigenvalue weighted by atomic mass is 35.5. The van der Waals surface area contributed by atoms with E-state index in [0.29, 0.717) is 22.9 Å². The van der Waals surface area contributed by atoms with E-state index in [4.69, 9.17) is 16.3 Å². The maximum absolute atomic E-state index is 15.1. The normalized spacial score (nSPS) is 15.9. The first-order chi connectivity index (χ1) is 17.7. The molecule has 1 aliphatic heterocycles. The number of amides is 1. The molecule has 2 aromatic carbocycles. The molecule has 198 valence electrons. The predicted octanol–water partition coefficient (Wildman–Crippen LogP) is 5.89. The second-order valence-corrected chi connectivity index (χ2v) is 10.2. The number of aliphatic hydroxyl groups is 1. The fourth-order valence-corrected chi connectivity index (χ4v) is 4.90. The Labute approximate surface area is 220 Å². The van der Waals surface area contributed by atoms with E-state index in [1.54, 1.807) is 12.1 Å². The molecular formula is C28H32ClF2N3O3. The summed E-state index contributed by atoms with van der Waals surface area (Å²) in [6.45, 7) is 6.42. The Morgan fingerprint density at radius 2 is 2.00 bits per heavy atom. The van der Waals surface area contributed by atoms with Gasteiger partial charge in [-0.1, -0.05) is 18.5 Å². The number of aromatic nitrogens is 2. The Bertz CT molecular complexity index is 1250. The number of ether oxygens (including phenoxy) is 1. The van der Waals surface area contributed by atoms with E-state index < -0.39 is 23.6 Å². The number of carbonyl (C=O) groups is 1. The van der Waals surface area contributed by atoms with E-state index >= 15 is 8.78 Å². The van der Waals surface area contributed by atoms with Gasteiger partial charge in [0, 0.05) is 48.0 Å². The van der Waals surface area contributed by atoms with Crippen LogP contribution in [0.5, 0.6) is 5.75 Å². The summed E-state index contributed by atoms with van der Waals surface area (Å²) >= 11 is 6.24. The van der Waals surface area contributed by atoms with Crippen molar-refractivity contribution in [3.05, 3.63) is 70.1 Å². The largest absolute Gasteiger partial charge is 0.489 e. The molecule has 0 saturated heterocycles. The monoisotopic (exact) mass is 531 g/mol. The van der Waals surface area contributed by atoms with E-state index in [9.17, 15) is 9.90 Å². The van der Waals surface area contributed by atoms with Crippen molar-refractivity contribution >= 4 is 17.5 Å².